The molecule has 1 aromatic carbocycles. The van der Waals surface area contributed by atoms with Crippen LogP contribution in [0, 0.1) is 5.82 Å². The van der Waals surface area contributed by atoms with Crippen LogP contribution in [0.1, 0.15) is 37.4 Å². The van der Waals surface area contributed by atoms with Gasteiger partial charge in [0.05, 0.1) is 11.9 Å². The lowest BCUT2D eigenvalue weighted by atomic mass is 9.86. The molecule has 3 rings (SSSR count). The van der Waals surface area contributed by atoms with Crippen LogP contribution in [0.25, 0.3) is 11.3 Å². The molecule has 1 aromatic heterocycles. The van der Waals surface area contributed by atoms with Gasteiger partial charge < -0.3 is 10.7 Å². The summed E-state index contributed by atoms with van der Waals surface area (Å²) in [5, 5.41) is 0. The Bertz CT molecular complexity index is 603. The first-order valence-electron chi connectivity index (χ1n) is 6.89. The Morgan fingerprint density at radius 3 is 2.75 bits per heavy atom. The Labute approximate surface area is 125 Å². The Hall–Kier alpha value is -1.20. The minimum Gasteiger partial charge on any atom is -0.342 e. The predicted molar refractivity (Wildman–Crippen MR) is 80.9 cm³/mol. The quantitative estimate of drug-likeness (QED) is 0.871. The molecule has 1 heterocycles. The van der Waals surface area contributed by atoms with Crippen molar-refractivity contribution in [2.45, 2.75) is 37.6 Å². The second-order valence-electron chi connectivity index (χ2n) is 5.42. The van der Waals surface area contributed by atoms with Gasteiger partial charge in [0.15, 0.2) is 0 Å². The molecule has 1 aliphatic rings. The molecule has 0 amide bonds. The average molecular weight is 338 g/mol. The lowest BCUT2D eigenvalue weighted by molar-refractivity contribution is 0.386. The van der Waals surface area contributed by atoms with Crippen LogP contribution in [0.2, 0.25) is 0 Å². The minimum atomic E-state index is -0.242. The van der Waals surface area contributed by atoms with E-state index in [2.05, 4.69) is 25.9 Å². The van der Waals surface area contributed by atoms with Crippen molar-refractivity contribution in [3.63, 3.8) is 0 Å². The number of benzene rings is 1. The number of H-pyrrole nitrogens is 1. The topological polar surface area (TPSA) is 54.7 Å². The van der Waals surface area contributed by atoms with E-state index in [-0.39, 0.29) is 5.82 Å². The van der Waals surface area contributed by atoms with Gasteiger partial charge in [0.2, 0.25) is 0 Å². The molecule has 5 heteroatoms. The third-order valence-corrected chi connectivity index (χ3v) is 4.47. The number of nitrogens with zero attached hydrogens (tertiary/aromatic N) is 1. The summed E-state index contributed by atoms with van der Waals surface area (Å²) in [4.78, 5) is 7.70. The Balaban J connectivity index is 1.85. The molecule has 0 bridgehead atoms. The average Bonchev–Trinajstić information content (AvgIpc) is 2.92. The van der Waals surface area contributed by atoms with Gasteiger partial charge >= 0.3 is 0 Å². The Kier molecular flexibility index (Phi) is 3.89. The molecule has 0 saturated heterocycles. The molecule has 0 aliphatic heterocycles. The zero-order valence-corrected chi connectivity index (χ0v) is 12.7. The van der Waals surface area contributed by atoms with Crippen molar-refractivity contribution in [1.82, 2.24) is 9.97 Å². The van der Waals surface area contributed by atoms with E-state index in [0.717, 1.165) is 41.7 Å². The summed E-state index contributed by atoms with van der Waals surface area (Å²) < 4.78 is 14.7. The van der Waals surface area contributed by atoms with Gasteiger partial charge in [-0.1, -0.05) is 15.9 Å². The first-order chi connectivity index (χ1) is 9.63. The third kappa shape index (κ3) is 2.79. The fourth-order valence-electron chi connectivity index (χ4n) is 2.78. The number of nitrogens with two attached hydrogens (primary N) is 1. The maximum absolute atomic E-state index is 13.9. The summed E-state index contributed by atoms with van der Waals surface area (Å²) in [7, 11) is 0. The zero-order chi connectivity index (χ0) is 14.1. The summed E-state index contributed by atoms with van der Waals surface area (Å²) in [6.45, 7) is 0. The van der Waals surface area contributed by atoms with Crippen molar-refractivity contribution < 1.29 is 4.39 Å². The van der Waals surface area contributed by atoms with E-state index in [4.69, 9.17) is 5.73 Å². The fraction of sp³-hybridized carbons (Fsp3) is 0.400. The maximum atomic E-state index is 13.9. The number of aromatic nitrogens is 2. The van der Waals surface area contributed by atoms with E-state index in [1.165, 1.54) is 6.07 Å². The molecule has 2 aromatic rings. The first kappa shape index (κ1) is 13.8. The van der Waals surface area contributed by atoms with Crippen molar-refractivity contribution in [2.75, 3.05) is 0 Å². The van der Waals surface area contributed by atoms with Crippen molar-refractivity contribution in [1.29, 1.82) is 0 Å². The van der Waals surface area contributed by atoms with Crippen LogP contribution in [0.4, 0.5) is 4.39 Å². The highest BCUT2D eigenvalue weighted by Crippen LogP contribution is 2.32. The second-order valence-corrected chi connectivity index (χ2v) is 6.33. The van der Waals surface area contributed by atoms with Crippen molar-refractivity contribution in [3.05, 3.63) is 40.5 Å². The lowest BCUT2D eigenvalue weighted by Gasteiger charge is -2.24. The van der Waals surface area contributed by atoms with Gasteiger partial charge in [-0.15, -0.1) is 0 Å². The van der Waals surface area contributed by atoms with Gasteiger partial charge in [-0.05, 0) is 43.9 Å². The number of rotatable bonds is 2. The van der Waals surface area contributed by atoms with Gasteiger partial charge in [-0.25, -0.2) is 9.37 Å². The largest absolute Gasteiger partial charge is 0.342 e. The Morgan fingerprint density at radius 1 is 1.25 bits per heavy atom. The molecule has 0 unspecified atom stereocenters. The van der Waals surface area contributed by atoms with Crippen molar-refractivity contribution in [3.8, 4) is 11.3 Å². The van der Waals surface area contributed by atoms with Crippen LogP contribution in [0.5, 0.6) is 0 Å². The van der Waals surface area contributed by atoms with Gasteiger partial charge in [0.1, 0.15) is 11.6 Å². The molecule has 1 aliphatic carbocycles. The normalized spacial score (nSPS) is 22.9. The molecule has 3 nitrogen and oxygen atoms in total. The molecule has 0 spiro atoms. The van der Waals surface area contributed by atoms with Crippen LogP contribution in [-0.2, 0) is 0 Å². The summed E-state index contributed by atoms with van der Waals surface area (Å²) >= 11 is 3.37. The molecule has 106 valence electrons. The van der Waals surface area contributed by atoms with Gasteiger partial charge in [0.25, 0.3) is 0 Å². The smallest absolute Gasteiger partial charge is 0.132 e. The van der Waals surface area contributed by atoms with Gasteiger partial charge in [0, 0.05) is 22.0 Å². The van der Waals surface area contributed by atoms with Crippen molar-refractivity contribution in [2.24, 2.45) is 5.73 Å². The predicted octanol–water partition coefficient (Wildman–Crippen LogP) is 3.96. The fourth-order valence-corrected chi connectivity index (χ4v) is 3.14. The van der Waals surface area contributed by atoms with Gasteiger partial charge in [-0.2, -0.15) is 0 Å². The number of hydrogen-bond donors (Lipinski definition) is 2. The van der Waals surface area contributed by atoms with Crippen LogP contribution in [-0.4, -0.2) is 16.0 Å². The van der Waals surface area contributed by atoms with E-state index < -0.39 is 0 Å². The molecule has 0 atom stereocenters. The first-order valence-corrected chi connectivity index (χ1v) is 7.68. The molecule has 1 fully saturated rings. The molecular formula is C15H17BrFN3. The molecular weight excluding hydrogens is 321 g/mol. The number of aromatic amines is 1. The minimum absolute atomic E-state index is 0.242. The van der Waals surface area contributed by atoms with Crippen molar-refractivity contribution >= 4 is 15.9 Å². The number of halogens is 2. The highest BCUT2D eigenvalue weighted by Gasteiger charge is 2.22. The van der Waals surface area contributed by atoms with Crippen LogP contribution in [0.3, 0.4) is 0 Å². The molecule has 1 saturated carbocycles. The van der Waals surface area contributed by atoms with Crippen LogP contribution < -0.4 is 5.73 Å². The molecule has 0 radical (unpaired) electrons. The Morgan fingerprint density at radius 2 is 2.00 bits per heavy atom. The highest BCUT2D eigenvalue weighted by molar-refractivity contribution is 9.10. The highest BCUT2D eigenvalue weighted by atomic mass is 79.9. The van der Waals surface area contributed by atoms with Crippen LogP contribution in [0.15, 0.2) is 28.9 Å². The maximum Gasteiger partial charge on any atom is 0.132 e. The SMILES string of the molecule is NC1CCC(c2ncc(-c3cc(Br)ccc3F)[nH]2)CC1. The number of nitrogens with one attached hydrogen (secondary N) is 1. The van der Waals surface area contributed by atoms with E-state index in [1.807, 2.05) is 0 Å². The van der Waals surface area contributed by atoms with E-state index in [1.54, 1.807) is 18.3 Å². The monoisotopic (exact) mass is 337 g/mol. The third-order valence-electron chi connectivity index (χ3n) is 3.97. The number of imidazole rings is 1. The van der Waals surface area contributed by atoms with E-state index >= 15 is 0 Å². The van der Waals surface area contributed by atoms with Crippen LogP contribution >= 0.6 is 15.9 Å². The summed E-state index contributed by atoms with van der Waals surface area (Å²) in [6, 6.07) is 5.24. The lowest BCUT2D eigenvalue weighted by Crippen LogP contribution is -2.26. The second kappa shape index (κ2) is 5.66. The summed E-state index contributed by atoms with van der Waals surface area (Å²) in [5.41, 5.74) is 7.20. The summed E-state index contributed by atoms with van der Waals surface area (Å²) in [6.07, 6.45) is 5.89. The standard InChI is InChI=1S/C15H17BrFN3/c16-10-3-6-13(17)12(7-10)14-8-19-15(20-14)9-1-4-11(18)5-2-9/h3,6-9,11H,1-2,4-5,18H2,(H,19,20). The number of hydrogen-bond acceptors (Lipinski definition) is 2. The summed E-state index contributed by atoms with van der Waals surface area (Å²) in [5.74, 6) is 1.12. The van der Waals surface area contributed by atoms with E-state index in [9.17, 15) is 4.39 Å². The van der Waals surface area contributed by atoms with Gasteiger partial charge in [-0.3, -0.25) is 0 Å². The van der Waals surface area contributed by atoms with E-state index in [0.29, 0.717) is 17.5 Å². The molecule has 3 N–H and O–H groups in total. The zero-order valence-electron chi connectivity index (χ0n) is 11.1. The molecule has 20 heavy (non-hydrogen) atoms.